The summed E-state index contributed by atoms with van der Waals surface area (Å²) in [6.07, 6.45) is 3.77. The number of nitrogens with zero attached hydrogens (tertiary/aromatic N) is 1. The lowest BCUT2D eigenvalue weighted by molar-refractivity contribution is -0.0760. The molecule has 0 radical (unpaired) electrons. The van der Waals surface area contributed by atoms with Crippen LogP contribution in [0.5, 0.6) is 0 Å². The molecule has 1 heterocycles. The van der Waals surface area contributed by atoms with E-state index in [0.29, 0.717) is 6.04 Å². The summed E-state index contributed by atoms with van der Waals surface area (Å²) in [6.45, 7) is 6.19. The van der Waals surface area contributed by atoms with Crippen molar-refractivity contribution in [1.29, 1.82) is 0 Å². The van der Waals surface area contributed by atoms with Crippen molar-refractivity contribution in [2.45, 2.75) is 45.4 Å². The number of hydrogen-bond donors (Lipinski definition) is 2. The summed E-state index contributed by atoms with van der Waals surface area (Å²) in [4.78, 5) is 3.89. The number of nitrogens with one attached hydrogen (secondary N) is 1. The third kappa shape index (κ3) is 1.79. The van der Waals surface area contributed by atoms with E-state index in [4.69, 9.17) is 4.42 Å². The second-order valence-electron chi connectivity index (χ2n) is 4.92. The van der Waals surface area contributed by atoms with Crippen molar-refractivity contribution in [2.24, 2.45) is 5.41 Å². The van der Waals surface area contributed by atoms with Gasteiger partial charge in [0.05, 0.1) is 18.3 Å². The van der Waals surface area contributed by atoms with Gasteiger partial charge in [-0.2, -0.15) is 0 Å². The molecule has 0 aromatic carbocycles. The van der Waals surface area contributed by atoms with Crippen molar-refractivity contribution in [1.82, 2.24) is 10.3 Å². The first-order valence-corrected chi connectivity index (χ1v) is 5.34. The lowest BCUT2D eigenvalue weighted by Crippen LogP contribution is -2.60. The average Bonchev–Trinajstić information content (AvgIpc) is 2.70. The highest BCUT2D eigenvalue weighted by molar-refractivity contribution is 5.05. The molecule has 1 fully saturated rings. The van der Waals surface area contributed by atoms with Crippen molar-refractivity contribution in [2.75, 3.05) is 0 Å². The van der Waals surface area contributed by atoms with Gasteiger partial charge in [0.25, 0.3) is 0 Å². The standard InChI is InChI=1S/C11H18N2O2/c1-7(8-5-12-6-15-8)13-9-4-10(14)11(9,2)3/h5-7,9-10,13-14H,4H2,1-3H3. The maximum absolute atomic E-state index is 9.61. The molecule has 4 heteroatoms. The number of oxazole rings is 1. The fraction of sp³-hybridized carbons (Fsp3) is 0.727. The van der Waals surface area contributed by atoms with Gasteiger partial charge in [-0.3, -0.25) is 0 Å². The van der Waals surface area contributed by atoms with Crippen LogP contribution in [0.3, 0.4) is 0 Å². The predicted molar refractivity (Wildman–Crippen MR) is 56.2 cm³/mol. The second-order valence-corrected chi connectivity index (χ2v) is 4.92. The van der Waals surface area contributed by atoms with E-state index in [-0.39, 0.29) is 17.6 Å². The minimum Gasteiger partial charge on any atom is -0.447 e. The number of rotatable bonds is 3. The smallest absolute Gasteiger partial charge is 0.180 e. The quantitative estimate of drug-likeness (QED) is 0.793. The van der Waals surface area contributed by atoms with Crippen LogP contribution in [0.1, 0.15) is 39.0 Å². The van der Waals surface area contributed by atoms with Crippen molar-refractivity contribution in [3.05, 3.63) is 18.4 Å². The van der Waals surface area contributed by atoms with Crippen LogP contribution >= 0.6 is 0 Å². The van der Waals surface area contributed by atoms with Gasteiger partial charge in [-0.25, -0.2) is 4.98 Å². The van der Waals surface area contributed by atoms with E-state index in [0.717, 1.165) is 12.2 Å². The number of aromatic nitrogens is 1. The van der Waals surface area contributed by atoms with E-state index in [1.807, 2.05) is 6.92 Å². The Morgan fingerprint density at radius 1 is 1.67 bits per heavy atom. The predicted octanol–water partition coefficient (Wildman–Crippen LogP) is 1.48. The molecule has 0 bridgehead atoms. The van der Waals surface area contributed by atoms with Crippen LogP contribution in [0.15, 0.2) is 17.0 Å². The zero-order valence-corrected chi connectivity index (χ0v) is 9.40. The van der Waals surface area contributed by atoms with E-state index in [1.54, 1.807) is 6.20 Å². The van der Waals surface area contributed by atoms with E-state index in [1.165, 1.54) is 6.39 Å². The first-order chi connectivity index (χ1) is 7.01. The molecule has 1 aromatic rings. The lowest BCUT2D eigenvalue weighted by Gasteiger charge is -2.50. The maximum Gasteiger partial charge on any atom is 0.180 e. The van der Waals surface area contributed by atoms with Gasteiger partial charge in [-0.05, 0) is 13.3 Å². The summed E-state index contributed by atoms with van der Waals surface area (Å²) in [5.74, 6) is 0.840. The van der Waals surface area contributed by atoms with Crippen LogP contribution in [-0.2, 0) is 0 Å². The first-order valence-electron chi connectivity index (χ1n) is 5.34. The van der Waals surface area contributed by atoms with Gasteiger partial charge < -0.3 is 14.8 Å². The highest BCUT2D eigenvalue weighted by Crippen LogP contribution is 2.41. The number of aliphatic hydroxyl groups excluding tert-OH is 1. The zero-order valence-electron chi connectivity index (χ0n) is 9.40. The van der Waals surface area contributed by atoms with Gasteiger partial charge in [-0.15, -0.1) is 0 Å². The normalized spacial score (nSPS) is 30.9. The molecule has 0 spiro atoms. The molecule has 15 heavy (non-hydrogen) atoms. The monoisotopic (exact) mass is 210 g/mol. The molecule has 3 unspecified atom stereocenters. The van der Waals surface area contributed by atoms with Gasteiger partial charge in [0.2, 0.25) is 0 Å². The maximum atomic E-state index is 9.61. The van der Waals surface area contributed by atoms with Crippen LogP contribution < -0.4 is 5.32 Å². The summed E-state index contributed by atoms with van der Waals surface area (Å²) in [5, 5.41) is 13.1. The van der Waals surface area contributed by atoms with E-state index < -0.39 is 0 Å². The van der Waals surface area contributed by atoms with Crippen molar-refractivity contribution >= 4 is 0 Å². The van der Waals surface area contributed by atoms with Gasteiger partial charge in [0.15, 0.2) is 6.39 Å². The number of hydrogen-bond acceptors (Lipinski definition) is 4. The number of aliphatic hydroxyl groups is 1. The Kier molecular flexibility index (Phi) is 2.56. The molecule has 1 aliphatic rings. The van der Waals surface area contributed by atoms with Crippen molar-refractivity contribution in [3.63, 3.8) is 0 Å². The van der Waals surface area contributed by atoms with Gasteiger partial charge in [0, 0.05) is 11.5 Å². The molecule has 1 aromatic heterocycles. The van der Waals surface area contributed by atoms with Crippen LogP contribution in [-0.4, -0.2) is 22.2 Å². The summed E-state index contributed by atoms with van der Waals surface area (Å²) >= 11 is 0. The minimum atomic E-state index is -0.197. The molecule has 1 saturated carbocycles. The van der Waals surface area contributed by atoms with E-state index in [9.17, 15) is 5.11 Å². The second kappa shape index (κ2) is 3.61. The van der Waals surface area contributed by atoms with Crippen LogP contribution in [0.25, 0.3) is 0 Å². The molecular weight excluding hydrogens is 192 g/mol. The molecule has 1 aliphatic carbocycles. The van der Waals surface area contributed by atoms with Crippen LogP contribution in [0.4, 0.5) is 0 Å². The Hall–Kier alpha value is -0.870. The van der Waals surface area contributed by atoms with E-state index in [2.05, 4.69) is 24.1 Å². The summed E-state index contributed by atoms with van der Waals surface area (Å²) < 4.78 is 5.22. The van der Waals surface area contributed by atoms with Crippen LogP contribution in [0, 0.1) is 5.41 Å². The van der Waals surface area contributed by atoms with Crippen molar-refractivity contribution in [3.8, 4) is 0 Å². The molecule has 2 rings (SSSR count). The SMILES string of the molecule is CC(NC1CC(O)C1(C)C)c1cnco1. The molecule has 2 N–H and O–H groups in total. The van der Waals surface area contributed by atoms with E-state index >= 15 is 0 Å². The Labute approximate surface area is 89.7 Å². The Bertz CT molecular complexity index is 321. The molecule has 84 valence electrons. The van der Waals surface area contributed by atoms with Gasteiger partial charge >= 0.3 is 0 Å². The van der Waals surface area contributed by atoms with Gasteiger partial charge in [0.1, 0.15) is 5.76 Å². The molecule has 0 amide bonds. The zero-order chi connectivity index (χ0) is 11.1. The minimum absolute atomic E-state index is 0.0473. The third-order valence-electron chi connectivity index (χ3n) is 3.55. The Morgan fingerprint density at radius 3 is 2.87 bits per heavy atom. The highest BCUT2D eigenvalue weighted by Gasteiger charge is 2.47. The fourth-order valence-electron chi connectivity index (χ4n) is 2.01. The summed E-state index contributed by atoms with van der Waals surface area (Å²) in [5.41, 5.74) is -0.0473. The topological polar surface area (TPSA) is 58.3 Å². The van der Waals surface area contributed by atoms with Crippen LogP contribution in [0.2, 0.25) is 0 Å². The first kappa shape index (κ1) is 10.6. The molecule has 0 aliphatic heterocycles. The molecular formula is C11H18N2O2. The summed E-state index contributed by atoms with van der Waals surface area (Å²) in [7, 11) is 0. The molecule has 4 nitrogen and oxygen atoms in total. The Balaban J connectivity index is 1.94. The third-order valence-corrected chi connectivity index (χ3v) is 3.55. The fourth-order valence-corrected chi connectivity index (χ4v) is 2.01. The Morgan fingerprint density at radius 2 is 2.40 bits per heavy atom. The van der Waals surface area contributed by atoms with Gasteiger partial charge in [-0.1, -0.05) is 13.8 Å². The van der Waals surface area contributed by atoms with Crippen molar-refractivity contribution < 1.29 is 9.52 Å². The lowest BCUT2D eigenvalue weighted by atomic mass is 9.64. The average molecular weight is 210 g/mol. The molecule has 0 saturated heterocycles. The summed E-state index contributed by atoms with van der Waals surface area (Å²) in [6, 6.07) is 0.483. The molecule has 3 atom stereocenters. The highest BCUT2D eigenvalue weighted by atomic mass is 16.3. The largest absolute Gasteiger partial charge is 0.447 e.